The summed E-state index contributed by atoms with van der Waals surface area (Å²) >= 11 is 0. The monoisotopic (exact) mass is 272 g/mol. The number of aromatic nitrogens is 2. The highest BCUT2D eigenvalue weighted by Gasteiger charge is 2.17. The number of fused-ring (bicyclic) bond motifs is 1. The first-order chi connectivity index (χ1) is 9.78. The summed E-state index contributed by atoms with van der Waals surface area (Å²) in [6.07, 6.45) is 0. The molecule has 0 atom stereocenters. The lowest BCUT2D eigenvalue weighted by molar-refractivity contribution is 0.103. The van der Waals surface area contributed by atoms with E-state index in [-0.39, 0.29) is 11.5 Å². The maximum absolute atomic E-state index is 12.3. The number of nitrogens with zero attached hydrogens (tertiary/aromatic N) is 2. The third kappa shape index (κ3) is 2.27. The van der Waals surface area contributed by atoms with Crippen LogP contribution in [0.1, 0.15) is 16.1 Å². The highest BCUT2D eigenvalue weighted by atomic mass is 16.6. The molecule has 2 aromatic rings. The molecule has 20 heavy (non-hydrogen) atoms. The number of carbonyl (C=O) groups excluding carboxylic acids is 1. The van der Waals surface area contributed by atoms with E-state index in [2.05, 4.69) is 10.2 Å². The molecule has 0 saturated carbocycles. The zero-order valence-electron chi connectivity index (χ0n) is 10.8. The van der Waals surface area contributed by atoms with Crippen molar-refractivity contribution in [3.8, 4) is 17.4 Å². The van der Waals surface area contributed by atoms with E-state index in [9.17, 15) is 4.79 Å². The second kappa shape index (κ2) is 5.16. The van der Waals surface area contributed by atoms with E-state index in [0.29, 0.717) is 36.2 Å². The van der Waals surface area contributed by atoms with Crippen LogP contribution in [0, 0.1) is 0 Å². The van der Waals surface area contributed by atoms with Crippen LogP contribution in [0.4, 0.5) is 0 Å². The summed E-state index contributed by atoms with van der Waals surface area (Å²) in [4.78, 5) is 12.3. The van der Waals surface area contributed by atoms with E-state index in [1.54, 1.807) is 30.3 Å². The molecule has 0 fully saturated rings. The molecular formula is C14H12N2O4. The molecular weight excluding hydrogens is 260 g/mol. The van der Waals surface area contributed by atoms with Gasteiger partial charge in [-0.15, -0.1) is 10.2 Å². The van der Waals surface area contributed by atoms with Gasteiger partial charge in [-0.05, 0) is 24.3 Å². The van der Waals surface area contributed by atoms with Gasteiger partial charge in [-0.25, -0.2) is 0 Å². The van der Waals surface area contributed by atoms with Crippen molar-refractivity contribution in [1.29, 1.82) is 0 Å². The van der Waals surface area contributed by atoms with Crippen molar-refractivity contribution in [1.82, 2.24) is 10.2 Å². The summed E-state index contributed by atoms with van der Waals surface area (Å²) in [6, 6.07) is 8.23. The minimum absolute atomic E-state index is 0.225. The summed E-state index contributed by atoms with van der Waals surface area (Å²) in [5, 5.41) is 7.62. The summed E-state index contributed by atoms with van der Waals surface area (Å²) in [5.74, 6) is 1.36. The highest BCUT2D eigenvalue weighted by molar-refractivity contribution is 6.07. The molecule has 0 aliphatic carbocycles. The number of rotatable bonds is 3. The van der Waals surface area contributed by atoms with E-state index in [4.69, 9.17) is 14.2 Å². The zero-order valence-corrected chi connectivity index (χ0v) is 10.8. The summed E-state index contributed by atoms with van der Waals surface area (Å²) in [6.45, 7) is 0.997. The van der Waals surface area contributed by atoms with Gasteiger partial charge in [0.2, 0.25) is 11.7 Å². The predicted octanol–water partition coefficient (Wildman–Crippen LogP) is 1.49. The zero-order chi connectivity index (χ0) is 13.9. The summed E-state index contributed by atoms with van der Waals surface area (Å²) in [7, 11) is 1.49. The minimum atomic E-state index is -0.225. The van der Waals surface area contributed by atoms with E-state index < -0.39 is 0 Å². The number of benzene rings is 1. The van der Waals surface area contributed by atoms with Gasteiger partial charge in [0, 0.05) is 11.6 Å². The topological polar surface area (TPSA) is 70.5 Å². The molecule has 0 spiro atoms. The molecule has 1 aromatic carbocycles. The van der Waals surface area contributed by atoms with Gasteiger partial charge < -0.3 is 14.2 Å². The van der Waals surface area contributed by atoms with Gasteiger partial charge in [0.1, 0.15) is 18.9 Å². The Labute approximate surface area is 115 Å². The van der Waals surface area contributed by atoms with Crippen molar-refractivity contribution >= 4 is 5.78 Å². The molecule has 0 radical (unpaired) electrons. The fourth-order valence-electron chi connectivity index (χ4n) is 1.88. The second-order valence-electron chi connectivity index (χ2n) is 4.15. The van der Waals surface area contributed by atoms with Crippen LogP contribution in [0.3, 0.4) is 0 Å². The molecule has 0 amide bonds. The van der Waals surface area contributed by atoms with Crippen molar-refractivity contribution in [2.75, 3.05) is 20.3 Å². The minimum Gasteiger partial charge on any atom is -0.486 e. The molecule has 6 nitrogen and oxygen atoms in total. The van der Waals surface area contributed by atoms with Crippen LogP contribution >= 0.6 is 0 Å². The van der Waals surface area contributed by atoms with Crippen LogP contribution in [-0.2, 0) is 0 Å². The van der Waals surface area contributed by atoms with Crippen molar-refractivity contribution in [3.05, 3.63) is 41.6 Å². The van der Waals surface area contributed by atoms with Crippen molar-refractivity contribution in [2.24, 2.45) is 0 Å². The summed E-state index contributed by atoms with van der Waals surface area (Å²) in [5.41, 5.74) is 0.733. The number of carbonyl (C=O) groups is 1. The van der Waals surface area contributed by atoms with Crippen LogP contribution in [0.25, 0.3) is 0 Å². The molecule has 6 heteroatoms. The van der Waals surface area contributed by atoms with E-state index in [0.717, 1.165) is 0 Å². The lowest BCUT2D eigenvalue weighted by atomic mass is 10.1. The van der Waals surface area contributed by atoms with E-state index in [1.165, 1.54) is 7.11 Å². The standard InChI is InChI=1S/C14H12N2O4/c1-18-13-5-3-10(15-16-13)14(17)9-2-4-11-12(8-9)20-7-6-19-11/h2-5,8H,6-7H2,1H3. The Morgan fingerprint density at radius 2 is 1.90 bits per heavy atom. The van der Waals surface area contributed by atoms with Crippen molar-refractivity contribution < 1.29 is 19.0 Å². The highest BCUT2D eigenvalue weighted by Crippen LogP contribution is 2.31. The second-order valence-corrected chi connectivity index (χ2v) is 4.15. The molecule has 0 bridgehead atoms. The molecule has 102 valence electrons. The lowest BCUT2D eigenvalue weighted by Gasteiger charge is -2.18. The normalized spacial score (nSPS) is 12.8. The fourth-order valence-corrected chi connectivity index (χ4v) is 1.88. The van der Waals surface area contributed by atoms with Crippen LogP contribution < -0.4 is 14.2 Å². The van der Waals surface area contributed by atoms with E-state index in [1.807, 2.05) is 0 Å². The Kier molecular flexibility index (Phi) is 3.20. The average molecular weight is 272 g/mol. The van der Waals surface area contributed by atoms with Crippen molar-refractivity contribution in [3.63, 3.8) is 0 Å². The molecule has 1 aromatic heterocycles. The van der Waals surface area contributed by atoms with Gasteiger partial charge in [-0.1, -0.05) is 0 Å². The summed E-state index contributed by atoms with van der Waals surface area (Å²) < 4.78 is 15.8. The molecule has 2 heterocycles. The first kappa shape index (κ1) is 12.4. The van der Waals surface area contributed by atoms with Crippen LogP contribution in [0.5, 0.6) is 17.4 Å². The largest absolute Gasteiger partial charge is 0.486 e. The Balaban J connectivity index is 1.89. The number of ketones is 1. The first-order valence-corrected chi connectivity index (χ1v) is 6.10. The van der Waals surface area contributed by atoms with Crippen LogP contribution in [-0.4, -0.2) is 36.3 Å². The Morgan fingerprint density at radius 3 is 2.60 bits per heavy atom. The number of hydrogen-bond donors (Lipinski definition) is 0. The van der Waals surface area contributed by atoms with Gasteiger partial charge in [0.05, 0.1) is 7.11 Å². The predicted molar refractivity (Wildman–Crippen MR) is 69.4 cm³/mol. The van der Waals surface area contributed by atoms with Crippen LogP contribution in [0.15, 0.2) is 30.3 Å². The maximum atomic E-state index is 12.3. The van der Waals surface area contributed by atoms with E-state index >= 15 is 0 Å². The Hall–Kier alpha value is -2.63. The molecule has 3 rings (SSSR count). The molecule has 0 N–H and O–H groups in total. The van der Waals surface area contributed by atoms with Crippen LogP contribution in [0.2, 0.25) is 0 Å². The van der Waals surface area contributed by atoms with Gasteiger partial charge in [-0.2, -0.15) is 0 Å². The van der Waals surface area contributed by atoms with Gasteiger partial charge >= 0.3 is 0 Å². The number of hydrogen-bond acceptors (Lipinski definition) is 6. The number of ether oxygens (including phenoxy) is 3. The smallest absolute Gasteiger partial charge is 0.233 e. The quantitative estimate of drug-likeness (QED) is 0.788. The maximum Gasteiger partial charge on any atom is 0.233 e. The molecule has 0 unspecified atom stereocenters. The van der Waals surface area contributed by atoms with Crippen molar-refractivity contribution in [2.45, 2.75) is 0 Å². The Morgan fingerprint density at radius 1 is 1.10 bits per heavy atom. The fraction of sp³-hybridized carbons (Fsp3) is 0.214. The molecule has 1 aliphatic heterocycles. The SMILES string of the molecule is COc1ccc(C(=O)c2ccc3c(c2)OCCO3)nn1. The van der Waals surface area contributed by atoms with Gasteiger partial charge in [0.15, 0.2) is 11.5 Å². The first-order valence-electron chi connectivity index (χ1n) is 6.10. The Bertz CT molecular complexity index is 640. The third-order valence-corrected chi connectivity index (χ3v) is 2.89. The molecule has 0 saturated heterocycles. The number of methoxy groups -OCH3 is 1. The molecule has 1 aliphatic rings. The average Bonchev–Trinajstić information content (AvgIpc) is 2.54. The van der Waals surface area contributed by atoms with Gasteiger partial charge in [-0.3, -0.25) is 4.79 Å². The lowest BCUT2D eigenvalue weighted by Crippen LogP contribution is -2.16. The van der Waals surface area contributed by atoms with Gasteiger partial charge in [0.25, 0.3) is 0 Å². The third-order valence-electron chi connectivity index (χ3n) is 2.89.